The van der Waals surface area contributed by atoms with Gasteiger partial charge < -0.3 is 19.4 Å². The van der Waals surface area contributed by atoms with Gasteiger partial charge >= 0.3 is 0 Å². The number of carbonyl (C=O) groups excluding carboxylic acids is 1. The lowest BCUT2D eigenvalue weighted by molar-refractivity contribution is -0.121. The summed E-state index contributed by atoms with van der Waals surface area (Å²) >= 11 is 1.55. The summed E-state index contributed by atoms with van der Waals surface area (Å²) < 4.78 is 26.1. The van der Waals surface area contributed by atoms with Crippen molar-refractivity contribution in [3.05, 3.63) is 71.3 Å². The van der Waals surface area contributed by atoms with Crippen LogP contribution in [0.2, 0.25) is 0 Å². The molecule has 3 rings (SSSR count). The summed E-state index contributed by atoms with van der Waals surface area (Å²) in [4.78, 5) is 12.3. The highest BCUT2D eigenvalue weighted by Gasteiger charge is 2.13. The minimum atomic E-state index is -0.239. The van der Waals surface area contributed by atoms with E-state index in [1.54, 1.807) is 38.1 Å². The molecule has 0 aliphatic heterocycles. The minimum Gasteiger partial charge on any atom is -0.496 e. The third kappa shape index (κ3) is 8.67. The molecule has 7 nitrogen and oxygen atoms in total. The highest BCUT2D eigenvalue weighted by Crippen LogP contribution is 2.23. The Labute approximate surface area is 210 Å². The van der Waals surface area contributed by atoms with Crippen molar-refractivity contribution >= 4 is 17.7 Å². The summed E-state index contributed by atoms with van der Waals surface area (Å²) in [5, 5.41) is 12.6. The number of nitrogens with one attached hydrogen (secondary N) is 1. The van der Waals surface area contributed by atoms with Gasteiger partial charge in [0.25, 0.3) is 0 Å². The number of hydrogen-bond acceptors (Lipinski definition) is 6. The van der Waals surface area contributed by atoms with Gasteiger partial charge in [-0.3, -0.25) is 4.79 Å². The van der Waals surface area contributed by atoms with Crippen molar-refractivity contribution in [3.63, 3.8) is 0 Å². The Morgan fingerprint density at radius 1 is 1.09 bits per heavy atom. The van der Waals surface area contributed by atoms with Crippen LogP contribution >= 0.6 is 11.8 Å². The second-order valence-corrected chi connectivity index (χ2v) is 9.05. The zero-order valence-electron chi connectivity index (χ0n) is 20.3. The molecule has 35 heavy (non-hydrogen) atoms. The minimum absolute atomic E-state index is 0.0174. The third-order valence-corrected chi connectivity index (χ3v) is 6.54. The van der Waals surface area contributed by atoms with Crippen LogP contribution in [-0.2, 0) is 34.8 Å². The summed E-state index contributed by atoms with van der Waals surface area (Å²) in [6, 6.07) is 14.3. The van der Waals surface area contributed by atoms with Crippen LogP contribution in [0.5, 0.6) is 5.75 Å². The van der Waals surface area contributed by atoms with Gasteiger partial charge in [-0.2, -0.15) is 0 Å². The number of aryl methyl sites for hydroxylation is 1. The van der Waals surface area contributed by atoms with E-state index in [1.807, 2.05) is 30.3 Å². The maximum atomic E-state index is 13.5. The molecule has 2 aromatic carbocycles. The zero-order valence-corrected chi connectivity index (χ0v) is 21.2. The molecule has 1 heterocycles. The molecule has 0 saturated carbocycles. The molecule has 0 spiro atoms. The van der Waals surface area contributed by atoms with E-state index in [1.165, 1.54) is 6.07 Å². The van der Waals surface area contributed by atoms with Crippen LogP contribution in [0.15, 0.2) is 53.7 Å². The highest BCUT2D eigenvalue weighted by molar-refractivity contribution is 7.98. The molecular formula is C26H33FN4O3S. The monoisotopic (exact) mass is 500 g/mol. The number of thioether (sulfide) groups is 1. The number of para-hydroxylation sites is 1. The smallest absolute Gasteiger partial charge is 0.220 e. The predicted molar refractivity (Wildman–Crippen MR) is 135 cm³/mol. The Morgan fingerprint density at radius 2 is 1.94 bits per heavy atom. The van der Waals surface area contributed by atoms with Crippen molar-refractivity contribution in [3.8, 4) is 5.75 Å². The van der Waals surface area contributed by atoms with Gasteiger partial charge in [-0.25, -0.2) is 4.39 Å². The predicted octanol–water partition coefficient (Wildman–Crippen LogP) is 4.78. The zero-order chi connectivity index (χ0) is 24.9. The Balaban J connectivity index is 1.48. The van der Waals surface area contributed by atoms with Crippen molar-refractivity contribution in [2.75, 3.05) is 20.8 Å². The highest BCUT2D eigenvalue weighted by atomic mass is 32.2. The molecule has 0 aliphatic carbocycles. The summed E-state index contributed by atoms with van der Waals surface area (Å²) in [5.74, 6) is 2.07. The first-order chi connectivity index (χ1) is 17.1. The second kappa shape index (κ2) is 14.5. The largest absolute Gasteiger partial charge is 0.496 e. The number of benzene rings is 2. The molecule has 9 heteroatoms. The lowest BCUT2D eigenvalue weighted by Crippen LogP contribution is -2.22. The number of aromatic nitrogens is 3. The van der Waals surface area contributed by atoms with Gasteiger partial charge in [-0.05, 0) is 43.0 Å². The van der Waals surface area contributed by atoms with Crippen LogP contribution in [-0.4, -0.2) is 41.5 Å². The molecule has 0 atom stereocenters. The molecule has 0 fully saturated rings. The fourth-order valence-electron chi connectivity index (χ4n) is 3.68. The molecule has 0 bridgehead atoms. The van der Waals surface area contributed by atoms with Gasteiger partial charge in [0.05, 0.1) is 7.11 Å². The number of carbonyl (C=O) groups is 1. The first-order valence-corrected chi connectivity index (χ1v) is 12.8. The van der Waals surface area contributed by atoms with Crippen molar-refractivity contribution in [2.45, 2.75) is 56.1 Å². The van der Waals surface area contributed by atoms with Gasteiger partial charge in [0.1, 0.15) is 17.4 Å². The lowest BCUT2D eigenvalue weighted by Gasteiger charge is -2.11. The Kier molecular flexibility index (Phi) is 11.0. The van der Waals surface area contributed by atoms with Gasteiger partial charge in [-0.1, -0.05) is 42.1 Å². The van der Waals surface area contributed by atoms with Gasteiger partial charge in [-0.15, -0.1) is 10.2 Å². The molecule has 0 saturated heterocycles. The Bertz CT molecular complexity index is 1080. The van der Waals surface area contributed by atoms with E-state index in [-0.39, 0.29) is 11.7 Å². The van der Waals surface area contributed by atoms with Gasteiger partial charge in [0.2, 0.25) is 5.91 Å². The first kappa shape index (κ1) is 26.7. The topological polar surface area (TPSA) is 78.3 Å². The number of ether oxygens (including phenoxy) is 2. The molecule has 0 aliphatic rings. The number of methoxy groups -OCH3 is 2. The SMILES string of the molecule is COCCCn1c(CCCCC(=O)NCc2ccccc2OC)nnc1SCc1cccc(F)c1. The second-order valence-electron chi connectivity index (χ2n) is 8.11. The molecule has 0 radical (unpaired) electrons. The van der Waals surface area contributed by atoms with E-state index in [2.05, 4.69) is 20.1 Å². The molecule has 188 valence electrons. The normalized spacial score (nSPS) is 10.9. The van der Waals surface area contributed by atoms with E-state index in [0.29, 0.717) is 25.3 Å². The number of amides is 1. The average molecular weight is 501 g/mol. The number of halogens is 1. The molecule has 3 aromatic rings. The van der Waals surface area contributed by atoms with E-state index >= 15 is 0 Å². The molecule has 1 amide bonds. The van der Waals surface area contributed by atoms with Gasteiger partial charge in [0, 0.05) is 51.0 Å². The van der Waals surface area contributed by atoms with E-state index in [0.717, 1.165) is 60.1 Å². The summed E-state index contributed by atoms with van der Waals surface area (Å²) in [6.07, 6.45) is 3.63. The maximum Gasteiger partial charge on any atom is 0.220 e. The van der Waals surface area contributed by atoms with E-state index < -0.39 is 0 Å². The van der Waals surface area contributed by atoms with Crippen LogP contribution in [0.3, 0.4) is 0 Å². The maximum absolute atomic E-state index is 13.5. The van der Waals surface area contributed by atoms with Crippen LogP contribution < -0.4 is 10.1 Å². The van der Waals surface area contributed by atoms with Crippen molar-refractivity contribution in [1.82, 2.24) is 20.1 Å². The Hall–Kier alpha value is -2.91. The number of nitrogens with zero attached hydrogens (tertiary/aromatic N) is 3. The summed E-state index contributed by atoms with van der Waals surface area (Å²) in [6.45, 7) is 1.85. The number of hydrogen-bond donors (Lipinski definition) is 1. The number of rotatable bonds is 15. The van der Waals surface area contributed by atoms with Crippen molar-refractivity contribution in [2.24, 2.45) is 0 Å². The third-order valence-electron chi connectivity index (χ3n) is 5.50. The number of unbranched alkanes of at least 4 members (excludes halogenated alkanes) is 1. The quantitative estimate of drug-likeness (QED) is 0.239. The molecule has 0 unspecified atom stereocenters. The van der Waals surface area contributed by atoms with Crippen molar-refractivity contribution < 1.29 is 18.7 Å². The van der Waals surface area contributed by atoms with Crippen LogP contribution in [0, 0.1) is 5.82 Å². The molecular weight excluding hydrogens is 467 g/mol. The average Bonchev–Trinajstić information content (AvgIpc) is 3.26. The van der Waals surface area contributed by atoms with Crippen LogP contribution in [0.25, 0.3) is 0 Å². The standard InChI is InChI=1S/C26H33FN4O3S/c1-33-16-8-15-31-24(29-30-26(31)35-19-20-9-7-11-22(27)17-20)13-5-6-14-25(32)28-18-21-10-3-4-12-23(21)34-2/h3-4,7,9-12,17H,5-6,8,13-16,18-19H2,1-2H3,(H,28,32). The fraction of sp³-hybridized carbons (Fsp3) is 0.423. The Morgan fingerprint density at radius 3 is 2.74 bits per heavy atom. The molecule has 1 N–H and O–H groups in total. The first-order valence-electron chi connectivity index (χ1n) is 11.8. The van der Waals surface area contributed by atoms with E-state index in [9.17, 15) is 9.18 Å². The summed E-state index contributed by atoms with van der Waals surface area (Å²) in [7, 11) is 3.31. The van der Waals surface area contributed by atoms with Crippen LogP contribution in [0.4, 0.5) is 4.39 Å². The molecule has 1 aromatic heterocycles. The van der Waals surface area contributed by atoms with E-state index in [4.69, 9.17) is 9.47 Å². The van der Waals surface area contributed by atoms with Gasteiger partial charge in [0.15, 0.2) is 5.16 Å². The fourth-order valence-corrected chi connectivity index (χ4v) is 4.60. The summed E-state index contributed by atoms with van der Waals surface area (Å²) in [5.41, 5.74) is 1.86. The van der Waals surface area contributed by atoms with Crippen LogP contribution in [0.1, 0.15) is 42.6 Å². The lowest BCUT2D eigenvalue weighted by atomic mass is 10.1. The van der Waals surface area contributed by atoms with Crippen molar-refractivity contribution in [1.29, 1.82) is 0 Å².